The highest BCUT2D eigenvalue weighted by molar-refractivity contribution is 7.89. The number of benzene rings is 1. The Morgan fingerprint density at radius 2 is 1.64 bits per heavy atom. The van der Waals surface area contributed by atoms with Crippen LogP contribution in [0.2, 0.25) is 0 Å². The Bertz CT molecular complexity index is 1070. The van der Waals surface area contributed by atoms with Crippen LogP contribution in [0.15, 0.2) is 34.2 Å². The topological polar surface area (TPSA) is 99.6 Å². The Morgan fingerprint density at radius 3 is 2.21 bits per heavy atom. The lowest BCUT2D eigenvalue weighted by Crippen LogP contribution is -2.57. The van der Waals surface area contributed by atoms with Crippen LogP contribution >= 0.6 is 0 Å². The van der Waals surface area contributed by atoms with E-state index in [2.05, 4.69) is 32.8 Å². The maximum absolute atomic E-state index is 13.3. The lowest BCUT2D eigenvalue weighted by atomic mass is 9.80. The zero-order valence-electron chi connectivity index (χ0n) is 19.6. The van der Waals surface area contributed by atoms with Crippen molar-refractivity contribution < 1.29 is 21.0 Å². The summed E-state index contributed by atoms with van der Waals surface area (Å²) in [5.41, 5.74) is 1.11. The quantitative estimate of drug-likeness (QED) is 0.526. The van der Waals surface area contributed by atoms with Crippen LogP contribution < -0.4 is 0 Å². The molecule has 1 aliphatic carbocycles. The molecule has 2 aliphatic heterocycles. The van der Waals surface area contributed by atoms with Gasteiger partial charge in [0.2, 0.25) is 5.96 Å². The summed E-state index contributed by atoms with van der Waals surface area (Å²) in [6.07, 6.45) is 1.72. The largest absolute Gasteiger partial charge is 0.339 e. The summed E-state index contributed by atoms with van der Waals surface area (Å²) < 4.78 is 55.9. The van der Waals surface area contributed by atoms with Crippen molar-refractivity contribution in [1.82, 2.24) is 14.1 Å². The van der Waals surface area contributed by atoms with E-state index in [1.807, 2.05) is 12.1 Å². The summed E-state index contributed by atoms with van der Waals surface area (Å²) in [4.78, 5) is 9.28. The van der Waals surface area contributed by atoms with Gasteiger partial charge in [-0.3, -0.25) is 14.1 Å². The SMILES string of the molecule is COS(=O)(=O)CC1CC(N2CCN(C3=NCCN3S(=O)(=O)c3ccc(C(C)C)cc3)CC2)C1. The van der Waals surface area contributed by atoms with Crippen molar-refractivity contribution in [2.24, 2.45) is 10.9 Å². The average molecular weight is 499 g/mol. The zero-order valence-corrected chi connectivity index (χ0v) is 21.2. The third kappa shape index (κ3) is 5.21. The summed E-state index contributed by atoms with van der Waals surface area (Å²) in [5, 5.41) is 0. The summed E-state index contributed by atoms with van der Waals surface area (Å²) in [7, 11) is -5.85. The molecule has 1 aromatic rings. The molecule has 1 saturated carbocycles. The van der Waals surface area contributed by atoms with Gasteiger partial charge in [0.15, 0.2) is 0 Å². The molecule has 3 aliphatic rings. The molecule has 0 amide bonds. The van der Waals surface area contributed by atoms with Gasteiger partial charge in [-0.15, -0.1) is 0 Å². The van der Waals surface area contributed by atoms with Gasteiger partial charge in [-0.05, 0) is 42.4 Å². The zero-order chi connectivity index (χ0) is 23.8. The second-order valence-corrected chi connectivity index (χ2v) is 13.0. The van der Waals surface area contributed by atoms with Gasteiger partial charge in [0.25, 0.3) is 20.1 Å². The van der Waals surface area contributed by atoms with E-state index in [1.165, 1.54) is 11.4 Å². The van der Waals surface area contributed by atoms with Crippen LogP contribution in [0.1, 0.15) is 38.2 Å². The van der Waals surface area contributed by atoms with E-state index in [1.54, 1.807) is 12.1 Å². The van der Waals surface area contributed by atoms with Crippen molar-refractivity contribution in [2.75, 3.05) is 52.1 Å². The van der Waals surface area contributed by atoms with E-state index in [0.717, 1.165) is 31.5 Å². The first-order valence-corrected chi connectivity index (χ1v) is 14.6. The number of sulfonamides is 1. The molecule has 2 fully saturated rings. The predicted octanol–water partition coefficient (Wildman–Crippen LogP) is 1.54. The van der Waals surface area contributed by atoms with E-state index in [4.69, 9.17) is 0 Å². The molecule has 0 aromatic heterocycles. The minimum absolute atomic E-state index is 0.0851. The summed E-state index contributed by atoms with van der Waals surface area (Å²) in [6.45, 7) is 8.02. The highest BCUT2D eigenvalue weighted by Gasteiger charge is 2.39. The van der Waals surface area contributed by atoms with Crippen LogP contribution in [-0.2, 0) is 24.3 Å². The van der Waals surface area contributed by atoms with E-state index in [0.29, 0.717) is 49.0 Å². The van der Waals surface area contributed by atoms with E-state index in [-0.39, 0.29) is 11.7 Å². The summed E-state index contributed by atoms with van der Waals surface area (Å²) in [6, 6.07) is 7.53. The molecule has 2 heterocycles. The minimum Gasteiger partial charge on any atom is -0.339 e. The van der Waals surface area contributed by atoms with Crippen molar-refractivity contribution in [3.63, 3.8) is 0 Å². The third-order valence-corrected chi connectivity index (χ3v) is 10.1. The Labute approximate surface area is 197 Å². The maximum Gasteiger partial charge on any atom is 0.267 e. The van der Waals surface area contributed by atoms with Crippen LogP contribution in [0.3, 0.4) is 0 Å². The molecular weight excluding hydrogens is 464 g/mol. The fourth-order valence-corrected chi connectivity index (χ4v) is 7.27. The second-order valence-electron chi connectivity index (χ2n) is 9.39. The molecule has 0 bridgehead atoms. The van der Waals surface area contributed by atoms with Crippen molar-refractivity contribution in [3.8, 4) is 0 Å². The van der Waals surface area contributed by atoms with Crippen LogP contribution in [0.4, 0.5) is 0 Å². The Kier molecular flexibility index (Phi) is 7.05. The van der Waals surface area contributed by atoms with E-state index >= 15 is 0 Å². The highest BCUT2D eigenvalue weighted by atomic mass is 32.2. The normalized spacial score (nSPS) is 24.8. The van der Waals surface area contributed by atoms with E-state index < -0.39 is 20.1 Å². The summed E-state index contributed by atoms with van der Waals surface area (Å²) in [5.74, 6) is 1.12. The molecule has 0 N–H and O–H groups in total. The molecule has 1 aromatic carbocycles. The van der Waals surface area contributed by atoms with Gasteiger partial charge in [0.05, 0.1) is 30.8 Å². The monoisotopic (exact) mass is 498 g/mol. The number of guanidine groups is 1. The molecule has 33 heavy (non-hydrogen) atoms. The second kappa shape index (κ2) is 9.52. The molecule has 0 spiro atoms. The smallest absolute Gasteiger partial charge is 0.267 e. The molecule has 184 valence electrons. The lowest BCUT2D eigenvalue weighted by Gasteiger charge is -2.47. The van der Waals surface area contributed by atoms with Gasteiger partial charge in [-0.25, -0.2) is 12.7 Å². The van der Waals surface area contributed by atoms with Gasteiger partial charge in [-0.2, -0.15) is 8.42 Å². The van der Waals surface area contributed by atoms with Crippen LogP contribution in [-0.4, -0.2) is 95.1 Å². The molecule has 4 rings (SSSR count). The first-order chi connectivity index (χ1) is 15.6. The third-order valence-electron chi connectivity index (χ3n) is 6.93. The van der Waals surface area contributed by atoms with Gasteiger partial charge in [-0.1, -0.05) is 26.0 Å². The number of rotatable bonds is 7. The molecule has 9 nitrogen and oxygen atoms in total. The Hall–Kier alpha value is -1.69. The van der Waals surface area contributed by atoms with Crippen LogP contribution in [0, 0.1) is 5.92 Å². The molecule has 0 radical (unpaired) electrons. The molecular formula is C22H34N4O5S2. The fraction of sp³-hybridized carbons (Fsp3) is 0.682. The number of piperazine rings is 1. The average Bonchev–Trinajstić information content (AvgIpc) is 3.27. The number of hydrogen-bond donors (Lipinski definition) is 0. The number of hydrogen-bond acceptors (Lipinski definition) is 8. The number of aliphatic imine (C=N–C) groups is 1. The molecule has 1 saturated heterocycles. The first kappa shape index (κ1) is 24.4. The first-order valence-electron chi connectivity index (χ1n) is 11.5. The van der Waals surface area contributed by atoms with Gasteiger partial charge in [0.1, 0.15) is 0 Å². The Balaban J connectivity index is 1.34. The number of nitrogens with zero attached hydrogens (tertiary/aromatic N) is 4. The summed E-state index contributed by atoms with van der Waals surface area (Å²) >= 11 is 0. The van der Waals surface area contributed by atoms with Crippen molar-refractivity contribution in [3.05, 3.63) is 29.8 Å². The van der Waals surface area contributed by atoms with Gasteiger partial charge >= 0.3 is 0 Å². The fourth-order valence-electron chi connectivity index (χ4n) is 4.84. The maximum atomic E-state index is 13.3. The van der Waals surface area contributed by atoms with Crippen molar-refractivity contribution in [2.45, 2.75) is 43.5 Å². The van der Waals surface area contributed by atoms with Crippen LogP contribution in [0.5, 0.6) is 0 Å². The molecule has 0 atom stereocenters. The van der Waals surface area contributed by atoms with Gasteiger partial charge in [0, 0.05) is 32.2 Å². The molecule has 0 unspecified atom stereocenters. The lowest BCUT2D eigenvalue weighted by molar-refractivity contribution is 0.0544. The molecule has 11 heteroatoms. The van der Waals surface area contributed by atoms with Crippen LogP contribution in [0.25, 0.3) is 0 Å². The van der Waals surface area contributed by atoms with Crippen molar-refractivity contribution >= 4 is 26.1 Å². The predicted molar refractivity (Wildman–Crippen MR) is 127 cm³/mol. The standard InChI is InChI=1S/C22H34N4O5S2/c1-17(2)19-4-6-21(7-5-19)33(29,30)26-9-8-23-22(26)25-12-10-24(11-13-25)20-14-18(15-20)16-32(27,28)31-3/h4-7,17-18,20H,8-16H2,1-3H3. The van der Waals surface area contributed by atoms with Gasteiger partial charge < -0.3 is 4.90 Å². The minimum atomic E-state index is -3.65. The van der Waals surface area contributed by atoms with E-state index in [9.17, 15) is 16.8 Å². The van der Waals surface area contributed by atoms with Crippen molar-refractivity contribution in [1.29, 1.82) is 0 Å². The Morgan fingerprint density at radius 1 is 1.00 bits per heavy atom. The highest BCUT2D eigenvalue weighted by Crippen LogP contribution is 2.34.